The minimum absolute atomic E-state index is 0.0762. The highest BCUT2D eigenvalue weighted by Gasteiger charge is 2.19. The zero-order valence-electron chi connectivity index (χ0n) is 17.5. The highest BCUT2D eigenvalue weighted by atomic mass is 127. The van der Waals surface area contributed by atoms with Crippen LogP contribution in [0.15, 0.2) is 59.6 Å². The fourth-order valence-corrected chi connectivity index (χ4v) is 4.12. The summed E-state index contributed by atoms with van der Waals surface area (Å²) in [4.78, 5) is 30.3. The second-order valence-electron chi connectivity index (χ2n) is 6.83. The number of amides is 2. The van der Waals surface area contributed by atoms with Gasteiger partial charge in [-0.25, -0.2) is 13.6 Å². The Morgan fingerprint density at radius 2 is 1.85 bits per heavy atom. The van der Waals surface area contributed by atoms with Crippen LogP contribution in [-0.4, -0.2) is 34.2 Å². The van der Waals surface area contributed by atoms with E-state index in [0.29, 0.717) is 22.9 Å². The first-order chi connectivity index (χ1) is 16.3. The highest BCUT2D eigenvalue weighted by molar-refractivity contribution is 14.2. The van der Waals surface area contributed by atoms with E-state index in [0.717, 1.165) is 12.1 Å². The Bertz CT molecular complexity index is 1230. The molecule has 1 heterocycles. The summed E-state index contributed by atoms with van der Waals surface area (Å²) in [7, 11) is -1.31. The van der Waals surface area contributed by atoms with Crippen LogP contribution in [0.3, 0.4) is 0 Å². The minimum atomic E-state index is -1.31. The standard InChI is InChI=1S/C22H19ClFIN4O4S/c23-13-2-7-20(27-12-13)29-22(31)17-10-14(24)3-6-18(17)28-21(30)16-5-4-15(34(25)32)11-19(16)33-9-1-8-26/h2-7,10-12H,1,8-9,26H2,(H,28,30)(H,27,29,31)/t34-/m1/s1. The number of nitrogens with zero attached hydrogens (tertiary/aromatic N) is 1. The average Bonchev–Trinajstić information content (AvgIpc) is 2.81. The Morgan fingerprint density at radius 1 is 1.09 bits per heavy atom. The van der Waals surface area contributed by atoms with E-state index >= 15 is 0 Å². The molecule has 8 nitrogen and oxygen atoms in total. The number of rotatable bonds is 9. The molecule has 178 valence electrons. The number of carbonyl (C=O) groups is 2. The zero-order valence-corrected chi connectivity index (χ0v) is 21.2. The van der Waals surface area contributed by atoms with E-state index in [1.165, 1.54) is 42.6 Å². The first-order valence-electron chi connectivity index (χ1n) is 9.87. The molecule has 0 aliphatic rings. The molecule has 0 unspecified atom stereocenters. The maximum atomic E-state index is 13.9. The Hall–Kier alpha value is -2.61. The first kappa shape index (κ1) is 26.0. The van der Waals surface area contributed by atoms with E-state index in [9.17, 15) is 18.2 Å². The number of halogens is 3. The minimum Gasteiger partial charge on any atom is -0.493 e. The molecule has 4 N–H and O–H groups in total. The fourth-order valence-electron chi connectivity index (χ4n) is 2.81. The Labute approximate surface area is 214 Å². The van der Waals surface area contributed by atoms with Crippen LogP contribution in [0.1, 0.15) is 27.1 Å². The molecule has 2 amide bonds. The van der Waals surface area contributed by atoms with Crippen molar-refractivity contribution >= 4 is 64.1 Å². The van der Waals surface area contributed by atoms with E-state index in [4.69, 9.17) is 22.1 Å². The van der Waals surface area contributed by atoms with Crippen molar-refractivity contribution in [3.05, 3.63) is 76.7 Å². The van der Waals surface area contributed by atoms with Crippen molar-refractivity contribution in [2.24, 2.45) is 5.73 Å². The molecule has 12 heteroatoms. The van der Waals surface area contributed by atoms with Crippen LogP contribution in [0.4, 0.5) is 15.9 Å². The monoisotopic (exact) mass is 616 g/mol. The number of carbonyl (C=O) groups excluding carboxylic acids is 2. The number of hydrogen-bond donors (Lipinski definition) is 3. The van der Waals surface area contributed by atoms with Gasteiger partial charge in [0.25, 0.3) is 11.8 Å². The first-order valence-corrected chi connectivity index (χ1v) is 13.9. The molecular formula is C22H19ClFIN4O4S. The molecule has 0 aliphatic heterocycles. The summed E-state index contributed by atoms with van der Waals surface area (Å²) in [6.07, 6.45) is 1.91. The third-order valence-corrected chi connectivity index (χ3v) is 6.81. The molecule has 0 bridgehead atoms. The average molecular weight is 617 g/mol. The summed E-state index contributed by atoms with van der Waals surface area (Å²) in [6, 6.07) is 10.9. The number of ether oxygens (including phenoxy) is 1. The van der Waals surface area contributed by atoms with Gasteiger partial charge in [0.1, 0.15) is 25.4 Å². The second kappa shape index (κ2) is 12.2. The zero-order chi connectivity index (χ0) is 24.7. The van der Waals surface area contributed by atoms with Crippen LogP contribution in [-0.2, 0) is 7.97 Å². The van der Waals surface area contributed by atoms with Crippen molar-refractivity contribution < 1.29 is 22.9 Å². The molecule has 1 atom stereocenters. The molecule has 2 aromatic carbocycles. The van der Waals surface area contributed by atoms with Crippen molar-refractivity contribution in [3.8, 4) is 5.75 Å². The molecule has 3 rings (SSSR count). The molecule has 0 saturated carbocycles. The number of hydrogen-bond acceptors (Lipinski definition) is 6. The van der Waals surface area contributed by atoms with Crippen LogP contribution < -0.4 is 21.1 Å². The van der Waals surface area contributed by atoms with Crippen molar-refractivity contribution in [2.45, 2.75) is 11.3 Å². The SMILES string of the molecule is NCCCOc1cc([S@@](=O)I)ccc1C(=O)Nc1ccc(F)cc1C(=O)Nc1ccc(Cl)cn1. The van der Waals surface area contributed by atoms with Gasteiger partial charge in [-0.1, -0.05) is 11.6 Å². The van der Waals surface area contributed by atoms with Crippen LogP contribution in [0.5, 0.6) is 5.75 Å². The van der Waals surface area contributed by atoms with Gasteiger partial charge in [-0.15, -0.1) is 0 Å². The molecule has 0 saturated heterocycles. The lowest BCUT2D eigenvalue weighted by Gasteiger charge is -2.15. The van der Waals surface area contributed by atoms with Gasteiger partial charge in [0.05, 0.1) is 33.3 Å². The third-order valence-electron chi connectivity index (χ3n) is 4.43. The van der Waals surface area contributed by atoms with Gasteiger partial charge in [0.2, 0.25) is 0 Å². The topological polar surface area (TPSA) is 123 Å². The van der Waals surface area contributed by atoms with Gasteiger partial charge in [-0.3, -0.25) is 9.59 Å². The molecule has 1 aromatic heterocycles. The van der Waals surface area contributed by atoms with Gasteiger partial charge in [0.15, 0.2) is 0 Å². The maximum Gasteiger partial charge on any atom is 0.259 e. The molecular weight excluding hydrogens is 598 g/mol. The van der Waals surface area contributed by atoms with Gasteiger partial charge < -0.3 is 21.1 Å². The summed E-state index contributed by atoms with van der Waals surface area (Å²) in [5.74, 6) is -1.52. The lowest BCUT2D eigenvalue weighted by Crippen LogP contribution is -2.20. The summed E-state index contributed by atoms with van der Waals surface area (Å²) in [5, 5.41) is 5.54. The summed E-state index contributed by atoms with van der Waals surface area (Å²) in [6.45, 7) is 0.655. The van der Waals surface area contributed by atoms with E-state index < -0.39 is 25.6 Å². The molecule has 3 aromatic rings. The largest absolute Gasteiger partial charge is 0.493 e. The predicted octanol–water partition coefficient (Wildman–Crippen LogP) is 4.56. The number of nitrogens with two attached hydrogens (primary N) is 1. The summed E-state index contributed by atoms with van der Waals surface area (Å²) in [5.41, 5.74) is 5.62. The van der Waals surface area contributed by atoms with Crippen LogP contribution in [0.25, 0.3) is 0 Å². The van der Waals surface area contributed by atoms with E-state index in [-0.39, 0.29) is 35.0 Å². The molecule has 0 fully saturated rings. The van der Waals surface area contributed by atoms with Crippen LogP contribution in [0, 0.1) is 5.82 Å². The molecule has 0 aliphatic carbocycles. The number of benzene rings is 2. The van der Waals surface area contributed by atoms with E-state index in [1.807, 2.05) is 0 Å². The smallest absolute Gasteiger partial charge is 0.259 e. The van der Waals surface area contributed by atoms with Gasteiger partial charge in [-0.05, 0) is 61.5 Å². The Morgan fingerprint density at radius 3 is 2.53 bits per heavy atom. The van der Waals surface area contributed by atoms with Crippen molar-refractivity contribution in [2.75, 3.05) is 23.8 Å². The second-order valence-corrected chi connectivity index (χ2v) is 10.6. The van der Waals surface area contributed by atoms with E-state index in [1.54, 1.807) is 21.2 Å². The maximum absolute atomic E-state index is 13.9. The van der Waals surface area contributed by atoms with Gasteiger partial charge >= 0.3 is 0 Å². The number of nitrogens with one attached hydrogen (secondary N) is 2. The normalized spacial score (nSPS) is 11.5. The quantitative estimate of drug-likeness (QED) is 0.184. The summed E-state index contributed by atoms with van der Waals surface area (Å²) >= 11 is 7.55. The lowest BCUT2D eigenvalue weighted by atomic mass is 10.1. The van der Waals surface area contributed by atoms with Crippen LogP contribution in [0.2, 0.25) is 5.02 Å². The highest BCUT2D eigenvalue weighted by Crippen LogP contribution is 2.27. The molecule has 0 spiro atoms. The number of anilines is 2. The Kier molecular flexibility index (Phi) is 9.33. The van der Waals surface area contributed by atoms with Crippen molar-refractivity contribution in [1.29, 1.82) is 0 Å². The van der Waals surface area contributed by atoms with Gasteiger partial charge in [0, 0.05) is 27.4 Å². The summed E-state index contributed by atoms with van der Waals surface area (Å²) < 4.78 is 31.5. The van der Waals surface area contributed by atoms with E-state index in [2.05, 4.69) is 15.6 Å². The van der Waals surface area contributed by atoms with Crippen molar-refractivity contribution in [3.63, 3.8) is 0 Å². The Balaban J connectivity index is 1.87. The van der Waals surface area contributed by atoms with Crippen molar-refractivity contribution in [1.82, 2.24) is 4.98 Å². The lowest BCUT2D eigenvalue weighted by molar-refractivity contribution is 0.102. The number of pyridine rings is 1. The van der Waals surface area contributed by atoms with Crippen LogP contribution >= 0.6 is 32.8 Å². The number of aromatic nitrogens is 1. The van der Waals surface area contributed by atoms with Gasteiger partial charge in [-0.2, -0.15) is 0 Å². The predicted molar refractivity (Wildman–Crippen MR) is 138 cm³/mol. The molecule has 34 heavy (non-hydrogen) atoms. The molecule has 0 radical (unpaired) electrons. The third kappa shape index (κ3) is 6.95. The fraction of sp³-hybridized carbons (Fsp3) is 0.136.